The number of pyridine rings is 1. The minimum absolute atomic E-state index is 0.0636. The first kappa shape index (κ1) is 25.1. The maximum absolute atomic E-state index is 12.9. The molecule has 1 aliphatic rings. The third-order valence-corrected chi connectivity index (χ3v) is 7.31. The van der Waals surface area contributed by atoms with Crippen LogP contribution in [-0.4, -0.2) is 52.4 Å². The molecule has 0 spiro atoms. The maximum Gasteiger partial charge on any atom is 0.273 e. The van der Waals surface area contributed by atoms with E-state index in [0.29, 0.717) is 49.5 Å². The van der Waals surface area contributed by atoms with Gasteiger partial charge in [0, 0.05) is 24.8 Å². The van der Waals surface area contributed by atoms with Crippen LogP contribution in [0.3, 0.4) is 0 Å². The molecule has 0 aliphatic heterocycles. The number of amides is 1. The van der Waals surface area contributed by atoms with E-state index in [1.54, 1.807) is 16.9 Å². The third kappa shape index (κ3) is 5.69. The van der Waals surface area contributed by atoms with Crippen LogP contribution in [0.5, 0.6) is 0 Å². The molecule has 1 amide bonds. The van der Waals surface area contributed by atoms with Crippen molar-refractivity contribution in [3.05, 3.63) is 33.7 Å². The molecule has 1 fully saturated rings. The van der Waals surface area contributed by atoms with Gasteiger partial charge >= 0.3 is 0 Å². The number of carbonyl (C=O) groups excluding carboxylic acids is 1. The highest BCUT2D eigenvalue weighted by molar-refractivity contribution is 7.79. The quantitative estimate of drug-likeness (QED) is 0.374. The van der Waals surface area contributed by atoms with Crippen LogP contribution in [0.4, 0.5) is 0 Å². The molecule has 2 heterocycles. The highest BCUT2D eigenvalue weighted by atomic mass is 35.5. The van der Waals surface area contributed by atoms with Gasteiger partial charge in [0.2, 0.25) is 0 Å². The van der Waals surface area contributed by atoms with E-state index in [1.165, 1.54) is 0 Å². The Morgan fingerprint density at radius 3 is 2.62 bits per heavy atom. The van der Waals surface area contributed by atoms with Crippen molar-refractivity contribution in [2.24, 2.45) is 5.92 Å². The number of hydrogen-bond donors (Lipinski definition) is 3. The molecule has 1 atom stereocenters. The van der Waals surface area contributed by atoms with Gasteiger partial charge in [0.1, 0.15) is 5.15 Å². The van der Waals surface area contributed by atoms with Gasteiger partial charge in [-0.05, 0) is 56.6 Å². The first-order valence-electron chi connectivity index (χ1n) is 10.7. The van der Waals surface area contributed by atoms with Crippen molar-refractivity contribution in [3.63, 3.8) is 0 Å². The highest BCUT2D eigenvalue weighted by Gasteiger charge is 2.34. The molecule has 32 heavy (non-hydrogen) atoms. The van der Waals surface area contributed by atoms with E-state index < -0.39 is 22.6 Å². The average molecular weight is 503 g/mol. The number of halogens is 2. The predicted octanol–water partition coefficient (Wildman–Crippen LogP) is 3.71. The van der Waals surface area contributed by atoms with E-state index in [0.717, 1.165) is 11.1 Å². The zero-order valence-corrected chi connectivity index (χ0v) is 20.4. The molecule has 8 nitrogen and oxygen atoms in total. The summed E-state index contributed by atoms with van der Waals surface area (Å²) in [6.45, 7) is 4.47. The Morgan fingerprint density at radius 1 is 1.34 bits per heavy atom. The molecule has 3 N–H and O–H groups in total. The lowest BCUT2D eigenvalue weighted by molar-refractivity contribution is -0.00511. The lowest BCUT2D eigenvalue weighted by atomic mass is 9.79. The molecule has 0 saturated heterocycles. The number of aliphatic hydroxyl groups is 1. The molecule has 11 heteroatoms. The Labute approximate surface area is 200 Å². The van der Waals surface area contributed by atoms with Crippen molar-refractivity contribution in [2.75, 3.05) is 12.3 Å². The van der Waals surface area contributed by atoms with Gasteiger partial charge in [0.05, 0.1) is 22.1 Å². The van der Waals surface area contributed by atoms with Crippen LogP contribution in [0.15, 0.2) is 12.3 Å². The van der Waals surface area contributed by atoms with Gasteiger partial charge in [-0.1, -0.05) is 30.1 Å². The van der Waals surface area contributed by atoms with E-state index in [4.69, 9.17) is 27.8 Å². The fourth-order valence-electron chi connectivity index (χ4n) is 4.13. The fourth-order valence-corrected chi connectivity index (χ4v) is 5.37. The molecule has 1 unspecified atom stereocenters. The van der Waals surface area contributed by atoms with Crippen LogP contribution in [0, 0.1) is 5.92 Å². The lowest BCUT2D eigenvalue weighted by Gasteiger charge is -2.35. The second-order valence-corrected chi connectivity index (χ2v) is 9.92. The van der Waals surface area contributed by atoms with Crippen LogP contribution in [0.25, 0.3) is 11.3 Å². The average Bonchev–Trinajstić information content (AvgIpc) is 3.09. The van der Waals surface area contributed by atoms with Gasteiger partial charge in [0.15, 0.2) is 16.8 Å². The van der Waals surface area contributed by atoms with Gasteiger partial charge < -0.3 is 15.0 Å². The van der Waals surface area contributed by atoms with Crippen molar-refractivity contribution < 1.29 is 18.7 Å². The van der Waals surface area contributed by atoms with E-state index >= 15 is 0 Å². The standard InChI is InChI=1S/C21H28Cl2N4O4S/c1-3-14-9-16(22)24-10-15(14)19-17(23)18(26-27(19)4-2)20(28)25-12-21(29)7-5-13(6-8-21)11-32(30)31/h9-10,13,29H,3-8,11-12H2,1-2H3,(H,25,28)(H,30,31). The van der Waals surface area contributed by atoms with Crippen molar-refractivity contribution in [3.8, 4) is 11.3 Å². The first-order chi connectivity index (χ1) is 15.2. The molecule has 176 valence electrons. The summed E-state index contributed by atoms with van der Waals surface area (Å²) in [5.41, 5.74) is 1.36. The molecule has 1 aliphatic carbocycles. The molecular weight excluding hydrogens is 475 g/mol. The van der Waals surface area contributed by atoms with Crippen LogP contribution < -0.4 is 5.32 Å². The number of nitrogens with zero attached hydrogens (tertiary/aromatic N) is 3. The van der Waals surface area contributed by atoms with Crippen molar-refractivity contribution in [2.45, 2.75) is 58.1 Å². The van der Waals surface area contributed by atoms with Gasteiger partial charge in [-0.2, -0.15) is 5.10 Å². The number of hydrogen-bond acceptors (Lipinski definition) is 5. The Bertz CT molecular complexity index is 1010. The molecule has 0 aromatic carbocycles. The molecular formula is C21H28Cl2N4O4S. The van der Waals surface area contributed by atoms with Gasteiger partial charge in [-0.25, -0.2) is 9.19 Å². The van der Waals surface area contributed by atoms with E-state index in [9.17, 15) is 14.1 Å². The summed E-state index contributed by atoms with van der Waals surface area (Å²) in [7, 11) is 0. The summed E-state index contributed by atoms with van der Waals surface area (Å²) < 4.78 is 21.7. The van der Waals surface area contributed by atoms with Crippen molar-refractivity contribution >= 4 is 40.2 Å². The van der Waals surface area contributed by atoms with Crippen LogP contribution in [-0.2, 0) is 24.0 Å². The number of aryl methyl sites for hydroxylation is 2. The minimum atomic E-state index is -1.84. The predicted molar refractivity (Wildman–Crippen MR) is 125 cm³/mol. The van der Waals surface area contributed by atoms with Gasteiger partial charge in [-0.15, -0.1) is 0 Å². The summed E-state index contributed by atoms with van der Waals surface area (Å²) in [4.78, 5) is 17.1. The zero-order chi connectivity index (χ0) is 23.5. The second-order valence-electron chi connectivity index (χ2n) is 8.18. The number of aromatic nitrogens is 3. The van der Waals surface area contributed by atoms with Gasteiger partial charge in [-0.3, -0.25) is 9.48 Å². The normalized spacial score (nSPS) is 22.0. The first-order valence-corrected chi connectivity index (χ1v) is 12.7. The molecule has 2 aromatic rings. The summed E-state index contributed by atoms with van der Waals surface area (Å²) in [6, 6.07) is 1.78. The Morgan fingerprint density at radius 2 is 2.03 bits per heavy atom. The Kier molecular flexibility index (Phi) is 8.32. The molecule has 2 aromatic heterocycles. The smallest absolute Gasteiger partial charge is 0.273 e. The zero-order valence-electron chi connectivity index (χ0n) is 18.1. The topological polar surface area (TPSA) is 117 Å². The monoisotopic (exact) mass is 502 g/mol. The summed E-state index contributed by atoms with van der Waals surface area (Å²) in [5.74, 6) is -0.139. The summed E-state index contributed by atoms with van der Waals surface area (Å²) >= 11 is 10.8. The van der Waals surface area contributed by atoms with Crippen LogP contribution in [0.1, 0.15) is 55.6 Å². The molecule has 0 radical (unpaired) electrons. The molecule has 3 rings (SSSR count). The Hall–Kier alpha value is -1.52. The second kappa shape index (κ2) is 10.6. The van der Waals surface area contributed by atoms with E-state index in [2.05, 4.69) is 15.4 Å². The van der Waals surface area contributed by atoms with Gasteiger partial charge in [0.25, 0.3) is 5.91 Å². The van der Waals surface area contributed by atoms with E-state index in [-0.39, 0.29) is 28.9 Å². The molecule has 0 bridgehead atoms. The molecule has 1 saturated carbocycles. The summed E-state index contributed by atoms with van der Waals surface area (Å²) in [6.07, 6.45) is 4.52. The maximum atomic E-state index is 12.9. The van der Waals surface area contributed by atoms with E-state index in [1.807, 2.05) is 13.8 Å². The summed E-state index contributed by atoms with van der Waals surface area (Å²) in [5, 5.41) is 18.6. The van der Waals surface area contributed by atoms with Crippen LogP contribution in [0.2, 0.25) is 10.2 Å². The lowest BCUT2D eigenvalue weighted by Crippen LogP contribution is -2.46. The number of nitrogens with one attached hydrogen (secondary N) is 1. The number of carbonyl (C=O) groups is 1. The van der Waals surface area contributed by atoms with Crippen molar-refractivity contribution in [1.29, 1.82) is 0 Å². The highest BCUT2D eigenvalue weighted by Crippen LogP contribution is 2.35. The third-order valence-electron chi connectivity index (χ3n) is 5.99. The van der Waals surface area contributed by atoms with Crippen molar-refractivity contribution in [1.82, 2.24) is 20.1 Å². The SMILES string of the molecule is CCc1cc(Cl)ncc1-c1c(Cl)c(C(=O)NCC2(O)CCC(CS(=O)O)CC2)nn1CC. The number of rotatable bonds is 8. The van der Waals surface area contributed by atoms with Crippen LogP contribution >= 0.6 is 23.2 Å². The largest absolute Gasteiger partial charge is 0.388 e. The Balaban J connectivity index is 1.75. The fraction of sp³-hybridized carbons (Fsp3) is 0.571. The minimum Gasteiger partial charge on any atom is -0.388 e.